The lowest BCUT2D eigenvalue weighted by atomic mass is 10.0. The predicted molar refractivity (Wildman–Crippen MR) is 143 cm³/mol. The van der Waals surface area contributed by atoms with Crippen LogP contribution in [0.1, 0.15) is 36.2 Å². The number of nitriles is 1. The molecule has 0 bridgehead atoms. The maximum absolute atomic E-state index is 12.9. The standard InChI is InChI=1S/C28H29N5O7/c1-15(2)9-22-24(34)30-23-25(38-19-12-17(27(35)33(3)4)11-18(13-19)36-5)31-28(32-26(23)39-22)40-21-10-16(14-29)7-8-20(21)37-6/h7-8,10-13,15,22H,9H2,1-6H3,(H,30,34). The highest BCUT2D eigenvalue weighted by Crippen LogP contribution is 2.42. The van der Waals surface area contributed by atoms with Crippen LogP contribution in [0.3, 0.4) is 0 Å². The minimum atomic E-state index is -0.791. The maximum atomic E-state index is 12.9. The molecular formula is C28H29N5O7. The van der Waals surface area contributed by atoms with Crippen LogP contribution < -0.4 is 29.0 Å². The molecule has 1 aliphatic heterocycles. The molecular weight excluding hydrogens is 518 g/mol. The van der Waals surface area contributed by atoms with E-state index in [1.54, 1.807) is 38.4 Å². The van der Waals surface area contributed by atoms with Crippen molar-refractivity contribution in [2.24, 2.45) is 5.92 Å². The second-order valence-corrected chi connectivity index (χ2v) is 9.50. The summed E-state index contributed by atoms with van der Waals surface area (Å²) in [6, 6.07) is 11.2. The number of aromatic nitrogens is 2. The quantitative estimate of drug-likeness (QED) is 0.409. The van der Waals surface area contributed by atoms with Crippen molar-refractivity contribution >= 4 is 17.5 Å². The largest absolute Gasteiger partial charge is 0.497 e. The van der Waals surface area contributed by atoms with Crippen LogP contribution in [0.25, 0.3) is 0 Å². The lowest BCUT2D eigenvalue weighted by molar-refractivity contribution is -0.124. The first-order valence-electron chi connectivity index (χ1n) is 12.4. The summed E-state index contributed by atoms with van der Waals surface area (Å²) in [5.74, 6) is 0.581. The Kier molecular flexibility index (Phi) is 8.23. The second kappa shape index (κ2) is 11.8. The first-order chi connectivity index (χ1) is 19.1. The number of hydrogen-bond acceptors (Lipinski definition) is 10. The predicted octanol–water partition coefficient (Wildman–Crippen LogP) is 4.40. The molecule has 1 aromatic heterocycles. The van der Waals surface area contributed by atoms with Crippen molar-refractivity contribution in [3.63, 3.8) is 0 Å². The summed E-state index contributed by atoms with van der Waals surface area (Å²) in [6.45, 7) is 3.94. The lowest BCUT2D eigenvalue weighted by Crippen LogP contribution is -2.38. The molecule has 208 valence electrons. The highest BCUT2D eigenvalue weighted by molar-refractivity contribution is 5.98. The fraction of sp³-hybridized carbons (Fsp3) is 0.321. The number of fused-ring (bicyclic) bond motifs is 1. The fourth-order valence-corrected chi connectivity index (χ4v) is 3.86. The molecule has 40 heavy (non-hydrogen) atoms. The minimum absolute atomic E-state index is 0.0353. The number of carbonyl (C=O) groups excluding carboxylic acids is 2. The molecule has 0 spiro atoms. The third-order valence-corrected chi connectivity index (χ3v) is 5.78. The average Bonchev–Trinajstić information content (AvgIpc) is 2.92. The van der Waals surface area contributed by atoms with E-state index in [4.69, 9.17) is 23.7 Å². The molecule has 12 nitrogen and oxygen atoms in total. The van der Waals surface area contributed by atoms with Gasteiger partial charge in [0, 0.05) is 31.8 Å². The number of anilines is 1. The van der Waals surface area contributed by atoms with Gasteiger partial charge >= 0.3 is 6.01 Å². The van der Waals surface area contributed by atoms with Crippen LogP contribution in [-0.4, -0.2) is 61.1 Å². The van der Waals surface area contributed by atoms with E-state index in [0.717, 1.165) is 0 Å². The molecule has 1 unspecified atom stereocenters. The third-order valence-electron chi connectivity index (χ3n) is 5.78. The number of amides is 2. The molecule has 2 heterocycles. The van der Waals surface area contributed by atoms with Crippen molar-refractivity contribution in [1.82, 2.24) is 14.9 Å². The molecule has 0 fully saturated rings. The highest BCUT2D eigenvalue weighted by atomic mass is 16.5. The Hall–Kier alpha value is -5.05. The molecule has 12 heteroatoms. The van der Waals surface area contributed by atoms with Crippen LogP contribution in [-0.2, 0) is 4.79 Å². The molecule has 0 saturated carbocycles. The van der Waals surface area contributed by atoms with Crippen LogP contribution in [0.2, 0.25) is 0 Å². The summed E-state index contributed by atoms with van der Waals surface area (Å²) < 4.78 is 28.6. The number of benzene rings is 2. The van der Waals surface area contributed by atoms with Crippen molar-refractivity contribution in [1.29, 1.82) is 5.26 Å². The van der Waals surface area contributed by atoms with E-state index in [0.29, 0.717) is 29.0 Å². The molecule has 1 N–H and O–H groups in total. The van der Waals surface area contributed by atoms with Crippen molar-refractivity contribution in [2.75, 3.05) is 33.6 Å². The molecule has 0 radical (unpaired) electrons. The average molecular weight is 548 g/mol. The zero-order chi connectivity index (χ0) is 29.0. The molecule has 1 aliphatic rings. The first kappa shape index (κ1) is 28.0. The number of rotatable bonds is 9. The molecule has 0 aliphatic carbocycles. The fourth-order valence-electron chi connectivity index (χ4n) is 3.86. The minimum Gasteiger partial charge on any atom is -0.497 e. The summed E-state index contributed by atoms with van der Waals surface area (Å²) >= 11 is 0. The normalized spacial score (nSPS) is 13.8. The monoisotopic (exact) mass is 547 g/mol. The molecule has 3 aromatic rings. The van der Waals surface area contributed by atoms with Crippen molar-refractivity contribution in [3.8, 4) is 46.8 Å². The lowest BCUT2D eigenvalue weighted by Gasteiger charge is -2.27. The Morgan fingerprint density at radius 2 is 1.82 bits per heavy atom. The topological polar surface area (TPSA) is 145 Å². The van der Waals surface area contributed by atoms with Gasteiger partial charge in [0.05, 0.1) is 25.9 Å². The van der Waals surface area contributed by atoms with E-state index in [1.807, 2.05) is 19.9 Å². The van der Waals surface area contributed by atoms with Gasteiger partial charge in [-0.3, -0.25) is 9.59 Å². The van der Waals surface area contributed by atoms with E-state index >= 15 is 0 Å². The highest BCUT2D eigenvalue weighted by Gasteiger charge is 2.33. The van der Waals surface area contributed by atoms with Crippen molar-refractivity contribution < 1.29 is 33.3 Å². The van der Waals surface area contributed by atoms with Crippen molar-refractivity contribution in [2.45, 2.75) is 26.4 Å². The van der Waals surface area contributed by atoms with Crippen LogP contribution in [0.5, 0.6) is 40.8 Å². The van der Waals surface area contributed by atoms with Crippen LogP contribution >= 0.6 is 0 Å². The Morgan fingerprint density at radius 3 is 2.48 bits per heavy atom. The number of nitrogens with one attached hydrogen (secondary N) is 1. The van der Waals surface area contributed by atoms with Gasteiger partial charge in [0.25, 0.3) is 17.7 Å². The Balaban J connectivity index is 1.80. The number of hydrogen-bond donors (Lipinski definition) is 1. The zero-order valence-corrected chi connectivity index (χ0v) is 23.0. The van der Waals surface area contributed by atoms with Gasteiger partial charge in [0.2, 0.25) is 5.88 Å². The smallest absolute Gasteiger partial charge is 0.328 e. The summed E-state index contributed by atoms with van der Waals surface area (Å²) in [5.41, 5.74) is 0.743. The van der Waals surface area contributed by atoms with Gasteiger partial charge < -0.3 is 33.9 Å². The number of carbonyl (C=O) groups is 2. The first-order valence-corrected chi connectivity index (χ1v) is 12.4. The number of methoxy groups -OCH3 is 2. The molecule has 1 atom stereocenters. The molecule has 2 aromatic carbocycles. The zero-order valence-electron chi connectivity index (χ0n) is 23.0. The molecule has 2 amide bonds. The van der Waals surface area contributed by atoms with E-state index in [1.165, 1.54) is 31.3 Å². The van der Waals surface area contributed by atoms with E-state index in [-0.39, 0.29) is 52.7 Å². The van der Waals surface area contributed by atoms with Crippen LogP contribution in [0, 0.1) is 17.2 Å². The second-order valence-electron chi connectivity index (χ2n) is 9.50. The summed E-state index contributed by atoms with van der Waals surface area (Å²) in [6.07, 6.45) is -0.341. The number of ether oxygens (including phenoxy) is 5. The molecule has 0 saturated heterocycles. The van der Waals surface area contributed by atoms with Gasteiger partial charge in [-0.25, -0.2) is 0 Å². The van der Waals surface area contributed by atoms with Gasteiger partial charge in [-0.2, -0.15) is 15.2 Å². The summed E-state index contributed by atoms with van der Waals surface area (Å²) in [5, 5.41) is 12.1. The Labute approximate surface area is 231 Å². The van der Waals surface area contributed by atoms with Crippen LogP contribution in [0.4, 0.5) is 5.69 Å². The Morgan fingerprint density at radius 1 is 1.07 bits per heavy atom. The van der Waals surface area contributed by atoms with E-state index in [9.17, 15) is 14.9 Å². The Bertz CT molecular complexity index is 1480. The van der Waals surface area contributed by atoms with Gasteiger partial charge in [0.15, 0.2) is 23.3 Å². The SMILES string of the molecule is COc1cc(Oc2nc(Oc3cc(C#N)ccc3OC)nc3c2NC(=O)C(CC(C)C)O3)cc(C(=O)N(C)C)c1. The summed E-state index contributed by atoms with van der Waals surface area (Å²) in [7, 11) is 6.18. The van der Waals surface area contributed by atoms with Crippen LogP contribution in [0.15, 0.2) is 36.4 Å². The summed E-state index contributed by atoms with van der Waals surface area (Å²) in [4.78, 5) is 35.6. The van der Waals surface area contributed by atoms with Crippen molar-refractivity contribution in [3.05, 3.63) is 47.5 Å². The van der Waals surface area contributed by atoms with Gasteiger partial charge in [-0.15, -0.1) is 0 Å². The molecule has 4 rings (SSSR count). The number of nitrogens with zero attached hydrogens (tertiary/aromatic N) is 4. The van der Waals surface area contributed by atoms with Gasteiger partial charge in [-0.1, -0.05) is 13.8 Å². The van der Waals surface area contributed by atoms with Gasteiger partial charge in [0.1, 0.15) is 11.5 Å². The van der Waals surface area contributed by atoms with E-state index in [2.05, 4.69) is 15.3 Å². The maximum Gasteiger partial charge on any atom is 0.328 e. The third kappa shape index (κ3) is 6.15. The van der Waals surface area contributed by atoms with Gasteiger partial charge in [-0.05, 0) is 36.6 Å². The van der Waals surface area contributed by atoms with E-state index < -0.39 is 6.10 Å².